The van der Waals surface area contributed by atoms with Crippen LogP contribution in [0.3, 0.4) is 0 Å². The van der Waals surface area contributed by atoms with Crippen LogP contribution in [0.25, 0.3) is 0 Å². The van der Waals surface area contributed by atoms with Gasteiger partial charge in [-0.25, -0.2) is 0 Å². The molecule has 0 atom stereocenters. The molecule has 20 heavy (non-hydrogen) atoms. The van der Waals surface area contributed by atoms with Gasteiger partial charge in [0.25, 0.3) is 0 Å². The summed E-state index contributed by atoms with van der Waals surface area (Å²) in [5, 5.41) is 9.90. The first-order valence-electron chi connectivity index (χ1n) is 6.66. The van der Waals surface area contributed by atoms with Crippen molar-refractivity contribution in [2.75, 3.05) is 36.5 Å². The van der Waals surface area contributed by atoms with Crippen molar-refractivity contribution in [3.63, 3.8) is 0 Å². The van der Waals surface area contributed by atoms with Crippen molar-refractivity contribution < 1.29 is 4.74 Å². The van der Waals surface area contributed by atoms with Crippen LogP contribution in [0.2, 0.25) is 0 Å². The summed E-state index contributed by atoms with van der Waals surface area (Å²) in [4.78, 5) is 0. The van der Waals surface area contributed by atoms with Gasteiger partial charge in [0.1, 0.15) is 6.73 Å². The lowest BCUT2D eigenvalue weighted by Gasteiger charge is -2.14. The molecule has 0 aromatic heterocycles. The summed E-state index contributed by atoms with van der Waals surface area (Å²) in [6, 6.07) is 16.4. The first kappa shape index (κ1) is 14.2. The highest BCUT2D eigenvalue weighted by atomic mass is 16.5. The zero-order chi connectivity index (χ0) is 14.2. The van der Waals surface area contributed by atoms with Gasteiger partial charge in [-0.3, -0.25) is 0 Å². The predicted molar refractivity (Wildman–Crippen MR) is 85.2 cm³/mol. The van der Waals surface area contributed by atoms with Crippen molar-refractivity contribution in [1.29, 1.82) is 0 Å². The Bertz CT molecular complexity index is 529. The largest absolute Gasteiger partial charge is 0.368 e. The Kier molecular flexibility index (Phi) is 5.26. The molecule has 4 nitrogen and oxygen atoms in total. The molecular formula is C16H21N3O. The summed E-state index contributed by atoms with van der Waals surface area (Å²) < 4.78 is 5.01. The van der Waals surface area contributed by atoms with Crippen LogP contribution < -0.4 is 16.0 Å². The van der Waals surface area contributed by atoms with Crippen molar-refractivity contribution in [2.24, 2.45) is 0 Å². The summed E-state index contributed by atoms with van der Waals surface area (Å²) in [7, 11) is 1.67. The smallest absolute Gasteiger partial charge is 0.116 e. The Morgan fingerprint density at radius 2 is 1.70 bits per heavy atom. The Morgan fingerprint density at radius 1 is 0.900 bits per heavy atom. The molecule has 0 spiro atoms. The molecule has 0 unspecified atom stereocenters. The third kappa shape index (κ3) is 4.17. The minimum absolute atomic E-state index is 0.505. The fourth-order valence-electron chi connectivity index (χ4n) is 1.88. The molecule has 0 heterocycles. The molecule has 0 aliphatic rings. The van der Waals surface area contributed by atoms with Crippen LogP contribution in [0, 0.1) is 6.92 Å². The number of methoxy groups -OCH3 is 1. The molecule has 0 radical (unpaired) electrons. The van der Waals surface area contributed by atoms with Crippen molar-refractivity contribution in [2.45, 2.75) is 6.92 Å². The maximum absolute atomic E-state index is 5.01. The fraction of sp³-hybridized carbons (Fsp3) is 0.250. The molecule has 2 aromatic carbocycles. The van der Waals surface area contributed by atoms with Crippen LogP contribution in [-0.4, -0.2) is 20.5 Å². The van der Waals surface area contributed by atoms with Gasteiger partial charge in [-0.05, 0) is 36.8 Å². The van der Waals surface area contributed by atoms with E-state index in [1.165, 1.54) is 5.56 Å². The van der Waals surface area contributed by atoms with E-state index in [1.54, 1.807) is 7.11 Å². The van der Waals surface area contributed by atoms with E-state index in [0.717, 1.165) is 17.1 Å². The number of nitrogens with one attached hydrogen (secondary N) is 3. The minimum atomic E-state index is 0.505. The molecule has 0 amide bonds. The summed E-state index contributed by atoms with van der Waals surface area (Å²) in [6.45, 7) is 3.27. The second-order valence-electron chi connectivity index (χ2n) is 4.54. The van der Waals surface area contributed by atoms with Gasteiger partial charge >= 0.3 is 0 Å². The topological polar surface area (TPSA) is 45.3 Å². The van der Waals surface area contributed by atoms with Crippen molar-refractivity contribution >= 4 is 17.1 Å². The number of ether oxygens (including phenoxy) is 1. The van der Waals surface area contributed by atoms with Crippen LogP contribution in [0.15, 0.2) is 48.5 Å². The van der Waals surface area contributed by atoms with Crippen molar-refractivity contribution in [1.82, 2.24) is 0 Å². The number of aryl methyl sites for hydroxylation is 1. The molecule has 0 bridgehead atoms. The average Bonchev–Trinajstić information content (AvgIpc) is 2.49. The van der Waals surface area contributed by atoms with Crippen molar-refractivity contribution in [3.8, 4) is 0 Å². The van der Waals surface area contributed by atoms with Gasteiger partial charge in [0.05, 0.1) is 6.67 Å². The summed E-state index contributed by atoms with van der Waals surface area (Å²) >= 11 is 0. The SMILES string of the molecule is COCNc1ccc(C)c(NCNc2ccccc2)c1. The summed E-state index contributed by atoms with van der Waals surface area (Å²) in [5.74, 6) is 0. The summed E-state index contributed by atoms with van der Waals surface area (Å²) in [6.07, 6.45) is 0. The monoisotopic (exact) mass is 271 g/mol. The van der Waals surface area contributed by atoms with E-state index in [1.807, 2.05) is 36.4 Å². The van der Waals surface area contributed by atoms with E-state index in [-0.39, 0.29) is 0 Å². The lowest BCUT2D eigenvalue weighted by molar-refractivity contribution is 0.221. The Hall–Kier alpha value is -2.20. The number of anilines is 3. The highest BCUT2D eigenvalue weighted by Crippen LogP contribution is 2.20. The maximum Gasteiger partial charge on any atom is 0.116 e. The quantitative estimate of drug-likeness (QED) is 0.675. The van der Waals surface area contributed by atoms with Crippen LogP contribution >= 0.6 is 0 Å². The van der Waals surface area contributed by atoms with Gasteiger partial charge in [0, 0.05) is 24.2 Å². The second-order valence-corrected chi connectivity index (χ2v) is 4.54. The lowest BCUT2D eigenvalue weighted by Crippen LogP contribution is -2.12. The van der Waals surface area contributed by atoms with E-state index in [0.29, 0.717) is 13.4 Å². The van der Waals surface area contributed by atoms with Crippen LogP contribution in [0.5, 0.6) is 0 Å². The molecule has 4 heteroatoms. The van der Waals surface area contributed by atoms with Crippen LogP contribution in [-0.2, 0) is 4.74 Å². The zero-order valence-electron chi connectivity index (χ0n) is 11.9. The third-order valence-corrected chi connectivity index (χ3v) is 3.00. The highest BCUT2D eigenvalue weighted by Gasteiger charge is 1.99. The van der Waals surface area contributed by atoms with E-state index >= 15 is 0 Å². The standard InChI is InChI=1S/C16H21N3O/c1-13-8-9-15(19-12-20-2)10-16(13)18-11-17-14-6-4-3-5-7-14/h3-10,17-19H,11-12H2,1-2H3. The van der Waals surface area contributed by atoms with Gasteiger partial charge in [0.15, 0.2) is 0 Å². The lowest BCUT2D eigenvalue weighted by atomic mass is 10.2. The van der Waals surface area contributed by atoms with Crippen molar-refractivity contribution in [3.05, 3.63) is 54.1 Å². The Morgan fingerprint density at radius 3 is 2.45 bits per heavy atom. The molecule has 0 fully saturated rings. The zero-order valence-corrected chi connectivity index (χ0v) is 11.9. The molecule has 0 saturated heterocycles. The fourth-order valence-corrected chi connectivity index (χ4v) is 1.88. The van der Waals surface area contributed by atoms with Gasteiger partial charge in [-0.2, -0.15) is 0 Å². The third-order valence-electron chi connectivity index (χ3n) is 3.00. The molecule has 0 aliphatic carbocycles. The van der Waals surface area contributed by atoms with Gasteiger partial charge in [-0.15, -0.1) is 0 Å². The number of hydrogen-bond donors (Lipinski definition) is 3. The number of hydrogen-bond acceptors (Lipinski definition) is 4. The van der Waals surface area contributed by atoms with E-state index in [9.17, 15) is 0 Å². The Labute approximate surface area is 120 Å². The number of para-hydroxylation sites is 1. The van der Waals surface area contributed by atoms with Gasteiger partial charge in [0.2, 0.25) is 0 Å². The van der Waals surface area contributed by atoms with E-state index in [2.05, 4.69) is 35.0 Å². The highest BCUT2D eigenvalue weighted by molar-refractivity contribution is 5.61. The molecule has 0 aliphatic heterocycles. The normalized spacial score (nSPS) is 10.1. The molecular weight excluding hydrogens is 250 g/mol. The average molecular weight is 271 g/mol. The van der Waals surface area contributed by atoms with Crippen LogP contribution in [0.4, 0.5) is 17.1 Å². The number of rotatable bonds is 7. The number of benzene rings is 2. The van der Waals surface area contributed by atoms with Gasteiger partial charge in [-0.1, -0.05) is 24.3 Å². The predicted octanol–water partition coefficient (Wildman–Crippen LogP) is 3.49. The van der Waals surface area contributed by atoms with Gasteiger partial charge < -0.3 is 20.7 Å². The molecule has 2 aromatic rings. The molecule has 0 saturated carbocycles. The first-order chi connectivity index (χ1) is 9.79. The molecule has 106 valence electrons. The molecule has 3 N–H and O–H groups in total. The maximum atomic E-state index is 5.01. The second kappa shape index (κ2) is 7.40. The van der Waals surface area contributed by atoms with E-state index < -0.39 is 0 Å². The molecule has 2 rings (SSSR count). The minimum Gasteiger partial charge on any atom is -0.368 e. The Balaban J connectivity index is 1.91. The summed E-state index contributed by atoms with van der Waals surface area (Å²) in [5.41, 5.74) is 4.46. The first-order valence-corrected chi connectivity index (χ1v) is 6.66. The van der Waals surface area contributed by atoms with E-state index in [4.69, 9.17) is 4.74 Å². The van der Waals surface area contributed by atoms with Crippen LogP contribution in [0.1, 0.15) is 5.56 Å².